The molecule has 0 spiro atoms. The van der Waals surface area contributed by atoms with Crippen LogP contribution in [-0.2, 0) is 11.4 Å². The maximum Gasteiger partial charge on any atom is 0.341 e. The summed E-state index contributed by atoms with van der Waals surface area (Å²) in [6.07, 6.45) is 0. The molecule has 0 bridgehead atoms. The highest BCUT2D eigenvalue weighted by Crippen LogP contribution is 2.36. The highest BCUT2D eigenvalue weighted by molar-refractivity contribution is 6.42. The van der Waals surface area contributed by atoms with Crippen LogP contribution < -0.4 is 14.2 Å². The molecule has 0 aliphatic carbocycles. The third-order valence-corrected chi connectivity index (χ3v) is 5.82. The molecule has 0 atom stereocenters. The molecule has 4 rings (SSSR count). The van der Waals surface area contributed by atoms with Gasteiger partial charge < -0.3 is 23.7 Å². The zero-order chi connectivity index (χ0) is 24.9. The summed E-state index contributed by atoms with van der Waals surface area (Å²) in [5, 5.41) is 9.63. The Labute approximate surface area is 211 Å². The number of carboxylic acids is 1. The topological polar surface area (TPSA) is 91.0 Å². The van der Waals surface area contributed by atoms with E-state index in [2.05, 4.69) is 4.98 Å². The second-order valence-corrected chi connectivity index (χ2v) is 8.36. The maximum atomic E-state index is 10.7. The van der Waals surface area contributed by atoms with E-state index in [9.17, 15) is 4.79 Å². The Morgan fingerprint density at radius 3 is 2.31 bits per heavy atom. The minimum absolute atomic E-state index is 0.0687. The number of carboxylic acid groups (broad SMARTS) is 1. The number of aliphatic carboxylic acids is 1. The molecular formula is C26H21Cl2NO6. The molecule has 0 amide bonds. The molecule has 3 aromatic carbocycles. The first kappa shape index (κ1) is 24.4. The fourth-order valence-electron chi connectivity index (χ4n) is 3.36. The van der Waals surface area contributed by atoms with Gasteiger partial charge >= 0.3 is 5.97 Å². The van der Waals surface area contributed by atoms with Gasteiger partial charge in [-0.3, -0.25) is 0 Å². The molecule has 4 aromatic rings. The maximum absolute atomic E-state index is 10.7. The van der Waals surface area contributed by atoms with Crippen molar-refractivity contribution < 1.29 is 28.5 Å². The lowest BCUT2D eigenvalue weighted by Crippen LogP contribution is -2.10. The average molecular weight is 514 g/mol. The fourth-order valence-corrected chi connectivity index (χ4v) is 3.66. The Bertz CT molecular complexity index is 1350. The predicted molar refractivity (Wildman–Crippen MR) is 133 cm³/mol. The van der Waals surface area contributed by atoms with Gasteiger partial charge in [-0.15, -0.1) is 0 Å². The van der Waals surface area contributed by atoms with Crippen LogP contribution in [0.15, 0.2) is 65.1 Å². The van der Waals surface area contributed by atoms with Crippen molar-refractivity contribution in [3.8, 4) is 39.8 Å². The normalized spacial score (nSPS) is 10.7. The van der Waals surface area contributed by atoms with Crippen LogP contribution in [0.2, 0.25) is 10.0 Å². The van der Waals surface area contributed by atoms with Gasteiger partial charge in [0.25, 0.3) is 0 Å². The lowest BCUT2D eigenvalue weighted by molar-refractivity contribution is -0.139. The van der Waals surface area contributed by atoms with E-state index in [-0.39, 0.29) is 6.61 Å². The summed E-state index contributed by atoms with van der Waals surface area (Å²) >= 11 is 12.3. The molecule has 180 valence electrons. The Morgan fingerprint density at radius 1 is 0.943 bits per heavy atom. The molecule has 0 saturated carbocycles. The highest BCUT2D eigenvalue weighted by atomic mass is 35.5. The van der Waals surface area contributed by atoms with Crippen LogP contribution in [0.5, 0.6) is 17.2 Å². The quantitative estimate of drug-likeness (QED) is 0.267. The van der Waals surface area contributed by atoms with Crippen molar-refractivity contribution in [1.29, 1.82) is 0 Å². The number of nitrogens with zero attached hydrogens (tertiary/aromatic N) is 1. The van der Waals surface area contributed by atoms with Crippen molar-refractivity contribution in [1.82, 2.24) is 4.98 Å². The van der Waals surface area contributed by atoms with Gasteiger partial charge in [0.15, 0.2) is 19.0 Å². The van der Waals surface area contributed by atoms with E-state index in [1.807, 2.05) is 30.3 Å². The molecular weight excluding hydrogens is 493 g/mol. The summed E-state index contributed by atoms with van der Waals surface area (Å²) in [6, 6.07) is 17.8. The van der Waals surface area contributed by atoms with Gasteiger partial charge in [0.2, 0.25) is 5.89 Å². The van der Waals surface area contributed by atoms with Crippen molar-refractivity contribution in [3.63, 3.8) is 0 Å². The Morgan fingerprint density at radius 2 is 1.66 bits per heavy atom. The van der Waals surface area contributed by atoms with Crippen molar-refractivity contribution in [2.75, 3.05) is 13.7 Å². The van der Waals surface area contributed by atoms with Gasteiger partial charge in [0, 0.05) is 11.1 Å². The van der Waals surface area contributed by atoms with Crippen LogP contribution in [-0.4, -0.2) is 29.8 Å². The number of hydrogen-bond donors (Lipinski definition) is 1. The van der Waals surface area contributed by atoms with Gasteiger partial charge in [-0.05, 0) is 73.2 Å². The van der Waals surface area contributed by atoms with Gasteiger partial charge in [0.1, 0.15) is 22.9 Å². The summed E-state index contributed by atoms with van der Waals surface area (Å²) in [7, 11) is 1.61. The minimum Gasteiger partial charge on any atom is -0.497 e. The zero-order valence-corrected chi connectivity index (χ0v) is 20.4. The Balaban J connectivity index is 1.60. The summed E-state index contributed by atoms with van der Waals surface area (Å²) < 4.78 is 22.5. The summed E-state index contributed by atoms with van der Waals surface area (Å²) in [6.45, 7) is 1.46. The highest BCUT2D eigenvalue weighted by Gasteiger charge is 2.19. The van der Waals surface area contributed by atoms with E-state index in [4.69, 9.17) is 46.9 Å². The number of ether oxygens (including phenoxy) is 3. The summed E-state index contributed by atoms with van der Waals surface area (Å²) in [5.74, 6) is 1.61. The van der Waals surface area contributed by atoms with Crippen LogP contribution in [0.25, 0.3) is 22.6 Å². The molecule has 0 saturated heterocycles. The van der Waals surface area contributed by atoms with Crippen molar-refractivity contribution in [2.24, 2.45) is 0 Å². The monoisotopic (exact) mass is 513 g/mol. The average Bonchev–Trinajstić information content (AvgIpc) is 3.28. The number of halogens is 2. The Kier molecular flexibility index (Phi) is 7.48. The first-order valence-electron chi connectivity index (χ1n) is 10.5. The second kappa shape index (κ2) is 10.7. The molecule has 9 heteroatoms. The van der Waals surface area contributed by atoms with Gasteiger partial charge in [-0.25, -0.2) is 9.78 Å². The molecule has 0 aliphatic rings. The fraction of sp³-hybridized carbons (Fsp3) is 0.154. The predicted octanol–water partition coefficient (Wildman–Crippen LogP) is 6.67. The van der Waals surface area contributed by atoms with Gasteiger partial charge in [-0.2, -0.15) is 0 Å². The molecule has 0 fully saturated rings. The third-order valence-electron chi connectivity index (χ3n) is 5.08. The van der Waals surface area contributed by atoms with Crippen LogP contribution in [0, 0.1) is 6.92 Å². The van der Waals surface area contributed by atoms with Crippen LogP contribution in [0.4, 0.5) is 0 Å². The third kappa shape index (κ3) is 5.88. The number of methoxy groups -OCH3 is 1. The molecule has 35 heavy (non-hydrogen) atoms. The van der Waals surface area contributed by atoms with Crippen molar-refractivity contribution in [2.45, 2.75) is 13.5 Å². The van der Waals surface area contributed by atoms with E-state index in [1.165, 1.54) is 0 Å². The van der Waals surface area contributed by atoms with E-state index >= 15 is 0 Å². The number of benzene rings is 3. The lowest BCUT2D eigenvalue weighted by atomic mass is 10.1. The SMILES string of the molecule is COc1ccc(-c2nc(COc3ccc(OCC(=O)O)c(C)c3)oc2-c2ccc(Cl)c(Cl)c2)cc1. The molecule has 0 aliphatic heterocycles. The van der Waals surface area contributed by atoms with Crippen molar-refractivity contribution >= 4 is 29.2 Å². The van der Waals surface area contributed by atoms with Gasteiger partial charge in [0.05, 0.1) is 17.2 Å². The molecule has 0 unspecified atom stereocenters. The smallest absolute Gasteiger partial charge is 0.341 e. The summed E-state index contributed by atoms with van der Waals surface area (Å²) in [5.41, 5.74) is 2.92. The standard InChI is InChI=1S/C26H21Cl2NO6/c1-15-11-19(8-10-22(15)34-14-24(30)31)33-13-23-29-25(16-3-6-18(32-2)7-4-16)26(35-23)17-5-9-20(27)21(28)12-17/h3-12H,13-14H2,1-2H3,(H,30,31). The van der Waals surface area contributed by atoms with Gasteiger partial charge in [-0.1, -0.05) is 23.2 Å². The number of oxazole rings is 1. The lowest BCUT2D eigenvalue weighted by Gasteiger charge is -2.09. The second-order valence-electron chi connectivity index (χ2n) is 7.54. The zero-order valence-electron chi connectivity index (χ0n) is 18.9. The Hall–Kier alpha value is -3.68. The molecule has 1 aromatic heterocycles. The largest absolute Gasteiger partial charge is 0.497 e. The van der Waals surface area contributed by atoms with Crippen molar-refractivity contribution in [3.05, 3.63) is 82.2 Å². The van der Waals surface area contributed by atoms with Crippen LogP contribution in [0.1, 0.15) is 11.5 Å². The minimum atomic E-state index is -1.04. The first-order valence-corrected chi connectivity index (χ1v) is 11.3. The number of rotatable bonds is 9. The van der Waals surface area contributed by atoms with Crippen LogP contribution >= 0.6 is 23.2 Å². The number of aromatic nitrogens is 1. The number of aryl methyl sites for hydroxylation is 1. The molecule has 0 radical (unpaired) electrons. The van der Waals surface area contributed by atoms with E-state index < -0.39 is 12.6 Å². The summed E-state index contributed by atoms with van der Waals surface area (Å²) in [4.78, 5) is 15.4. The number of carbonyl (C=O) groups is 1. The molecule has 7 nitrogen and oxygen atoms in total. The van der Waals surface area contributed by atoms with E-state index in [1.54, 1.807) is 44.4 Å². The van der Waals surface area contributed by atoms with E-state index in [0.717, 1.165) is 22.4 Å². The van der Waals surface area contributed by atoms with E-state index in [0.29, 0.717) is 38.9 Å². The molecule has 1 N–H and O–H groups in total. The first-order chi connectivity index (χ1) is 16.8. The van der Waals surface area contributed by atoms with Crippen LogP contribution in [0.3, 0.4) is 0 Å². The molecule has 1 heterocycles. The number of hydrogen-bond acceptors (Lipinski definition) is 6.